The van der Waals surface area contributed by atoms with E-state index >= 15 is 0 Å². The predicted octanol–water partition coefficient (Wildman–Crippen LogP) is 4.57. The molecule has 0 saturated heterocycles. The molecule has 0 atom stereocenters. The smallest absolute Gasteiger partial charge is 0.349 e. The van der Waals surface area contributed by atoms with Crippen LogP contribution in [0.25, 0.3) is 6.08 Å². The summed E-state index contributed by atoms with van der Waals surface area (Å²) in [6.45, 7) is -0.169. The summed E-state index contributed by atoms with van der Waals surface area (Å²) in [5, 5.41) is 0. The van der Waals surface area contributed by atoms with Gasteiger partial charge in [-0.3, -0.25) is 4.79 Å². The SMILES string of the molecule is O=C(COc1ccccc1)Oc1ccc(C=CC(=O)c2ccccc2)cc1. The molecule has 0 aliphatic carbocycles. The quantitative estimate of drug-likeness (QED) is 0.269. The molecule has 0 aliphatic heterocycles. The first kappa shape index (κ1) is 18.1. The van der Waals surface area contributed by atoms with E-state index in [2.05, 4.69) is 0 Å². The Bertz CT molecular complexity index is 914. The predicted molar refractivity (Wildman–Crippen MR) is 104 cm³/mol. The molecule has 0 saturated carbocycles. The molecule has 3 aromatic carbocycles. The third-order valence-electron chi connectivity index (χ3n) is 3.70. The van der Waals surface area contributed by atoms with Crippen molar-refractivity contribution >= 4 is 17.8 Å². The number of hydrogen-bond donors (Lipinski definition) is 0. The van der Waals surface area contributed by atoms with E-state index in [1.165, 1.54) is 6.08 Å². The zero-order valence-electron chi connectivity index (χ0n) is 14.6. The molecule has 3 rings (SSSR count). The highest BCUT2D eigenvalue weighted by molar-refractivity contribution is 6.06. The van der Waals surface area contributed by atoms with Crippen LogP contribution in [0.4, 0.5) is 0 Å². The Balaban J connectivity index is 1.51. The van der Waals surface area contributed by atoms with Crippen LogP contribution in [0.15, 0.2) is 91.0 Å². The Morgan fingerprint density at radius 2 is 1.37 bits per heavy atom. The lowest BCUT2D eigenvalue weighted by molar-refractivity contribution is -0.136. The first-order valence-electron chi connectivity index (χ1n) is 8.47. The van der Waals surface area contributed by atoms with Crippen molar-refractivity contribution in [3.63, 3.8) is 0 Å². The first-order chi connectivity index (χ1) is 13.2. The lowest BCUT2D eigenvalue weighted by Crippen LogP contribution is -2.17. The van der Waals surface area contributed by atoms with Crippen molar-refractivity contribution in [2.75, 3.05) is 6.61 Å². The standard InChI is InChI=1S/C23H18O4/c24-22(19-7-3-1-4-8-19)16-13-18-11-14-21(15-12-18)27-23(25)17-26-20-9-5-2-6-10-20/h1-16H,17H2. The molecule has 27 heavy (non-hydrogen) atoms. The fraction of sp³-hybridized carbons (Fsp3) is 0.0435. The molecular formula is C23H18O4. The Morgan fingerprint density at radius 1 is 0.741 bits per heavy atom. The van der Waals surface area contributed by atoms with Crippen LogP contribution in [0.3, 0.4) is 0 Å². The molecular weight excluding hydrogens is 340 g/mol. The van der Waals surface area contributed by atoms with Crippen LogP contribution in [-0.2, 0) is 4.79 Å². The Labute approximate surface area is 157 Å². The lowest BCUT2D eigenvalue weighted by atomic mass is 10.1. The molecule has 0 fully saturated rings. The van der Waals surface area contributed by atoms with E-state index in [9.17, 15) is 9.59 Å². The lowest BCUT2D eigenvalue weighted by Gasteiger charge is -2.06. The number of benzene rings is 3. The number of allylic oxidation sites excluding steroid dienone is 1. The summed E-state index contributed by atoms with van der Waals surface area (Å²) >= 11 is 0. The third-order valence-corrected chi connectivity index (χ3v) is 3.70. The maximum Gasteiger partial charge on any atom is 0.349 e. The van der Waals surface area contributed by atoms with Gasteiger partial charge in [-0.05, 0) is 35.9 Å². The second-order valence-corrected chi connectivity index (χ2v) is 5.71. The number of rotatable bonds is 7. The number of para-hydroxylation sites is 1. The molecule has 4 heteroatoms. The van der Waals surface area contributed by atoms with E-state index in [1.54, 1.807) is 54.6 Å². The van der Waals surface area contributed by atoms with E-state index < -0.39 is 5.97 Å². The molecule has 0 radical (unpaired) electrons. The van der Waals surface area contributed by atoms with Crippen molar-refractivity contribution < 1.29 is 19.1 Å². The van der Waals surface area contributed by atoms with E-state index in [0.717, 1.165) is 5.56 Å². The van der Waals surface area contributed by atoms with E-state index in [-0.39, 0.29) is 12.4 Å². The molecule has 0 heterocycles. The van der Waals surface area contributed by atoms with Gasteiger partial charge in [0.2, 0.25) is 0 Å². The van der Waals surface area contributed by atoms with Gasteiger partial charge in [0.1, 0.15) is 11.5 Å². The number of ether oxygens (including phenoxy) is 2. The number of esters is 1. The average Bonchev–Trinajstić information content (AvgIpc) is 2.73. The monoisotopic (exact) mass is 358 g/mol. The maximum absolute atomic E-state index is 12.0. The number of ketones is 1. The van der Waals surface area contributed by atoms with Crippen molar-refractivity contribution in [3.05, 3.63) is 102 Å². The summed E-state index contributed by atoms with van der Waals surface area (Å²) in [6.07, 6.45) is 3.24. The van der Waals surface area contributed by atoms with Crippen LogP contribution in [0, 0.1) is 0 Å². The van der Waals surface area contributed by atoms with Crippen LogP contribution >= 0.6 is 0 Å². The minimum Gasteiger partial charge on any atom is -0.482 e. The highest BCUT2D eigenvalue weighted by Gasteiger charge is 2.06. The van der Waals surface area contributed by atoms with Crippen LogP contribution in [-0.4, -0.2) is 18.4 Å². The highest BCUT2D eigenvalue weighted by atomic mass is 16.6. The molecule has 134 valence electrons. The molecule has 0 amide bonds. The first-order valence-corrected chi connectivity index (χ1v) is 8.47. The van der Waals surface area contributed by atoms with Gasteiger partial charge in [0, 0.05) is 5.56 Å². The van der Waals surface area contributed by atoms with Crippen molar-refractivity contribution in [1.29, 1.82) is 0 Å². The molecule has 0 unspecified atom stereocenters. The van der Waals surface area contributed by atoms with Crippen LogP contribution in [0.5, 0.6) is 11.5 Å². The molecule has 0 aromatic heterocycles. The molecule has 0 spiro atoms. The van der Waals surface area contributed by atoms with E-state index in [4.69, 9.17) is 9.47 Å². The topological polar surface area (TPSA) is 52.6 Å². The summed E-state index contributed by atoms with van der Waals surface area (Å²) in [5.74, 6) is 0.479. The van der Waals surface area contributed by atoms with Gasteiger partial charge in [0.05, 0.1) is 0 Å². The fourth-order valence-corrected chi connectivity index (χ4v) is 2.34. The minimum atomic E-state index is -0.485. The fourth-order valence-electron chi connectivity index (χ4n) is 2.34. The molecule has 0 aliphatic rings. The van der Waals surface area contributed by atoms with Crippen LogP contribution < -0.4 is 9.47 Å². The van der Waals surface area contributed by atoms with Gasteiger partial charge in [-0.1, -0.05) is 66.7 Å². The Kier molecular flexibility index (Phi) is 6.15. The number of carbonyl (C=O) groups excluding carboxylic acids is 2. The van der Waals surface area contributed by atoms with Crippen molar-refractivity contribution in [3.8, 4) is 11.5 Å². The second-order valence-electron chi connectivity index (χ2n) is 5.71. The molecule has 0 N–H and O–H groups in total. The Morgan fingerprint density at radius 3 is 2.04 bits per heavy atom. The van der Waals surface area contributed by atoms with Crippen LogP contribution in [0.1, 0.15) is 15.9 Å². The zero-order chi connectivity index (χ0) is 18.9. The maximum atomic E-state index is 12.0. The summed E-state index contributed by atoms with van der Waals surface area (Å²) in [7, 11) is 0. The zero-order valence-corrected chi connectivity index (χ0v) is 14.6. The van der Waals surface area contributed by atoms with Gasteiger partial charge >= 0.3 is 5.97 Å². The number of carbonyl (C=O) groups is 2. The molecule has 4 nitrogen and oxygen atoms in total. The molecule has 3 aromatic rings. The highest BCUT2D eigenvalue weighted by Crippen LogP contribution is 2.15. The normalized spacial score (nSPS) is 10.5. The minimum absolute atomic E-state index is 0.0656. The van der Waals surface area contributed by atoms with Crippen LogP contribution in [0.2, 0.25) is 0 Å². The summed E-state index contributed by atoms with van der Waals surface area (Å²) in [6, 6.07) is 25.0. The van der Waals surface area contributed by atoms with Gasteiger partial charge in [-0.2, -0.15) is 0 Å². The second kappa shape index (κ2) is 9.15. The third kappa shape index (κ3) is 5.68. The van der Waals surface area contributed by atoms with E-state index in [0.29, 0.717) is 17.1 Å². The largest absolute Gasteiger partial charge is 0.482 e. The van der Waals surface area contributed by atoms with E-state index in [1.807, 2.05) is 36.4 Å². The van der Waals surface area contributed by atoms with Gasteiger partial charge < -0.3 is 9.47 Å². The average molecular weight is 358 g/mol. The Hall–Kier alpha value is -3.66. The summed E-state index contributed by atoms with van der Waals surface area (Å²) in [4.78, 5) is 23.9. The molecule has 0 bridgehead atoms. The van der Waals surface area contributed by atoms with Gasteiger partial charge in [0.15, 0.2) is 12.4 Å². The summed E-state index contributed by atoms with van der Waals surface area (Å²) < 4.78 is 10.6. The van der Waals surface area contributed by atoms with Crippen molar-refractivity contribution in [2.24, 2.45) is 0 Å². The van der Waals surface area contributed by atoms with Gasteiger partial charge in [0.25, 0.3) is 0 Å². The van der Waals surface area contributed by atoms with Crippen molar-refractivity contribution in [1.82, 2.24) is 0 Å². The van der Waals surface area contributed by atoms with Crippen molar-refractivity contribution in [2.45, 2.75) is 0 Å². The number of hydrogen-bond acceptors (Lipinski definition) is 4. The summed E-state index contributed by atoms with van der Waals surface area (Å²) in [5.41, 5.74) is 1.47. The van der Waals surface area contributed by atoms with Gasteiger partial charge in [-0.15, -0.1) is 0 Å². The van der Waals surface area contributed by atoms with Gasteiger partial charge in [-0.25, -0.2) is 4.79 Å².